The Kier molecular flexibility index (Phi) is 4.10. The molecule has 1 aromatic rings. The Hall–Kier alpha value is -1.57. The van der Waals surface area contributed by atoms with E-state index in [0.29, 0.717) is 17.9 Å². The van der Waals surface area contributed by atoms with Crippen LogP contribution in [-0.2, 0) is 6.42 Å². The van der Waals surface area contributed by atoms with Crippen LogP contribution in [0, 0.1) is 0 Å². The van der Waals surface area contributed by atoms with E-state index in [1.54, 1.807) is 0 Å². The third-order valence-electron chi connectivity index (χ3n) is 2.08. The molecule has 0 N–H and O–H groups in total. The highest BCUT2D eigenvalue weighted by molar-refractivity contribution is 5.79. The zero-order chi connectivity index (χ0) is 11.3. The van der Waals surface area contributed by atoms with Gasteiger partial charge in [0, 0.05) is 0 Å². The second-order valence-electron chi connectivity index (χ2n) is 3.59. The molecule has 0 saturated carbocycles. The van der Waals surface area contributed by atoms with Gasteiger partial charge in [-0.25, -0.2) is 0 Å². The highest BCUT2D eigenvalue weighted by Crippen LogP contribution is 2.19. The van der Waals surface area contributed by atoms with Crippen molar-refractivity contribution in [3.8, 4) is 5.75 Å². The maximum absolute atomic E-state index is 10.8. The molecule has 0 heterocycles. The van der Waals surface area contributed by atoms with Crippen LogP contribution < -0.4 is 4.74 Å². The molecule has 0 atom stereocenters. The van der Waals surface area contributed by atoms with Gasteiger partial charge in [0.15, 0.2) is 6.29 Å². The summed E-state index contributed by atoms with van der Waals surface area (Å²) in [4.78, 5) is 10.8. The van der Waals surface area contributed by atoms with Crippen molar-refractivity contribution >= 4 is 6.29 Å². The Morgan fingerprint density at radius 1 is 1.53 bits per heavy atom. The van der Waals surface area contributed by atoms with Crippen LogP contribution in [0.5, 0.6) is 5.75 Å². The van der Waals surface area contributed by atoms with E-state index in [1.807, 2.05) is 25.1 Å². The van der Waals surface area contributed by atoms with Gasteiger partial charge >= 0.3 is 0 Å². The Labute approximate surface area is 90.6 Å². The van der Waals surface area contributed by atoms with Crippen LogP contribution in [0.2, 0.25) is 0 Å². The molecule has 2 nitrogen and oxygen atoms in total. The molecule has 0 aliphatic carbocycles. The normalized spacial score (nSPS) is 9.73. The van der Waals surface area contributed by atoms with Crippen molar-refractivity contribution < 1.29 is 9.53 Å². The lowest BCUT2D eigenvalue weighted by atomic mass is 10.1. The lowest BCUT2D eigenvalue weighted by Gasteiger charge is -2.09. The van der Waals surface area contributed by atoms with Crippen molar-refractivity contribution in [1.82, 2.24) is 0 Å². The minimum atomic E-state index is 0.451. The molecule has 80 valence electrons. The van der Waals surface area contributed by atoms with Gasteiger partial charge in [-0.05, 0) is 36.6 Å². The fraction of sp³-hybridized carbons (Fsp3) is 0.308. The number of carbonyl (C=O) groups is 1. The lowest BCUT2D eigenvalue weighted by Crippen LogP contribution is -2.00. The Balaban J connectivity index is 2.87. The van der Waals surface area contributed by atoms with Crippen LogP contribution in [-0.4, -0.2) is 12.9 Å². The molecular formula is C13H16O2. The molecule has 0 aromatic heterocycles. The lowest BCUT2D eigenvalue weighted by molar-refractivity contribution is 0.112. The largest absolute Gasteiger partial charge is 0.489 e. The monoisotopic (exact) mass is 204 g/mol. The van der Waals surface area contributed by atoms with Crippen LogP contribution >= 0.6 is 0 Å². The van der Waals surface area contributed by atoms with Gasteiger partial charge in [0.25, 0.3) is 0 Å². The van der Waals surface area contributed by atoms with E-state index in [4.69, 9.17) is 4.74 Å². The Morgan fingerprint density at radius 3 is 2.80 bits per heavy atom. The molecule has 2 heteroatoms. The predicted octanol–water partition coefficient (Wildman–Crippen LogP) is 3.02. The molecule has 0 saturated heterocycles. The predicted molar refractivity (Wildman–Crippen MR) is 61.5 cm³/mol. The summed E-state index contributed by atoms with van der Waals surface area (Å²) in [5.74, 6) is 0.630. The Bertz CT molecular complexity index is 367. The molecule has 0 fully saturated rings. The number of hydrogen-bond donors (Lipinski definition) is 0. The van der Waals surface area contributed by atoms with E-state index in [0.717, 1.165) is 23.8 Å². The van der Waals surface area contributed by atoms with Crippen molar-refractivity contribution in [2.24, 2.45) is 0 Å². The van der Waals surface area contributed by atoms with Gasteiger partial charge in [-0.2, -0.15) is 0 Å². The first-order valence-electron chi connectivity index (χ1n) is 5.02. The van der Waals surface area contributed by atoms with E-state index < -0.39 is 0 Å². The Morgan fingerprint density at radius 2 is 2.27 bits per heavy atom. The van der Waals surface area contributed by atoms with E-state index in [2.05, 4.69) is 13.5 Å². The minimum absolute atomic E-state index is 0.451. The summed E-state index contributed by atoms with van der Waals surface area (Å²) < 4.78 is 5.46. The molecular weight excluding hydrogens is 188 g/mol. The standard InChI is InChI=1S/C13H16O2/c1-4-11-5-6-13(12(7-11)8-14)15-9-10(2)3/h5-8H,2,4,9H2,1,3H3. The topological polar surface area (TPSA) is 26.3 Å². The van der Waals surface area contributed by atoms with Crippen LogP contribution in [0.1, 0.15) is 29.8 Å². The first-order chi connectivity index (χ1) is 7.17. The second-order valence-corrected chi connectivity index (χ2v) is 3.59. The van der Waals surface area contributed by atoms with Gasteiger partial charge in [0.2, 0.25) is 0 Å². The second kappa shape index (κ2) is 5.35. The third kappa shape index (κ3) is 3.24. The molecule has 15 heavy (non-hydrogen) atoms. The van der Waals surface area contributed by atoms with Crippen molar-refractivity contribution in [2.75, 3.05) is 6.61 Å². The van der Waals surface area contributed by atoms with E-state index in [9.17, 15) is 4.79 Å². The van der Waals surface area contributed by atoms with E-state index in [-0.39, 0.29) is 0 Å². The number of carbonyl (C=O) groups excluding carboxylic acids is 1. The number of benzene rings is 1. The SMILES string of the molecule is C=C(C)COc1ccc(CC)cc1C=O. The van der Waals surface area contributed by atoms with Crippen molar-refractivity contribution in [3.05, 3.63) is 41.5 Å². The number of rotatable bonds is 5. The number of aldehydes is 1. The average Bonchev–Trinajstić information content (AvgIpc) is 2.25. The van der Waals surface area contributed by atoms with Crippen molar-refractivity contribution in [3.63, 3.8) is 0 Å². The van der Waals surface area contributed by atoms with Gasteiger partial charge < -0.3 is 4.74 Å². The first kappa shape index (κ1) is 11.5. The average molecular weight is 204 g/mol. The smallest absolute Gasteiger partial charge is 0.153 e. The summed E-state index contributed by atoms with van der Waals surface area (Å²) in [6.45, 7) is 8.14. The number of aryl methyl sites for hydroxylation is 1. The van der Waals surface area contributed by atoms with Gasteiger partial charge in [0.1, 0.15) is 12.4 Å². The van der Waals surface area contributed by atoms with Crippen LogP contribution in [0.15, 0.2) is 30.4 Å². The molecule has 1 rings (SSSR count). The van der Waals surface area contributed by atoms with Gasteiger partial charge in [-0.15, -0.1) is 0 Å². The van der Waals surface area contributed by atoms with Gasteiger partial charge in [0.05, 0.1) is 5.56 Å². The minimum Gasteiger partial charge on any atom is -0.489 e. The zero-order valence-electron chi connectivity index (χ0n) is 9.25. The molecule has 0 spiro atoms. The molecule has 0 aliphatic rings. The molecule has 0 unspecified atom stereocenters. The van der Waals surface area contributed by atoms with Gasteiger partial charge in [-0.1, -0.05) is 19.6 Å². The van der Waals surface area contributed by atoms with E-state index >= 15 is 0 Å². The molecule has 0 aliphatic heterocycles. The summed E-state index contributed by atoms with van der Waals surface area (Å²) in [5, 5.41) is 0. The van der Waals surface area contributed by atoms with Crippen LogP contribution in [0.3, 0.4) is 0 Å². The van der Waals surface area contributed by atoms with Crippen LogP contribution in [0.4, 0.5) is 0 Å². The zero-order valence-corrected chi connectivity index (χ0v) is 9.25. The number of ether oxygens (including phenoxy) is 1. The van der Waals surface area contributed by atoms with E-state index in [1.165, 1.54) is 0 Å². The molecule has 0 bridgehead atoms. The first-order valence-corrected chi connectivity index (χ1v) is 5.02. The number of hydrogen-bond acceptors (Lipinski definition) is 2. The third-order valence-corrected chi connectivity index (χ3v) is 2.08. The summed E-state index contributed by atoms with van der Waals surface area (Å²) in [7, 11) is 0. The van der Waals surface area contributed by atoms with Crippen molar-refractivity contribution in [1.29, 1.82) is 0 Å². The molecule has 1 aromatic carbocycles. The summed E-state index contributed by atoms with van der Waals surface area (Å²) >= 11 is 0. The van der Waals surface area contributed by atoms with Gasteiger partial charge in [-0.3, -0.25) is 4.79 Å². The summed E-state index contributed by atoms with van der Waals surface area (Å²) in [6.07, 6.45) is 1.74. The van der Waals surface area contributed by atoms with Crippen LogP contribution in [0.25, 0.3) is 0 Å². The fourth-order valence-corrected chi connectivity index (χ4v) is 1.24. The fourth-order valence-electron chi connectivity index (χ4n) is 1.24. The summed E-state index contributed by atoms with van der Waals surface area (Å²) in [5.41, 5.74) is 2.68. The maximum atomic E-state index is 10.8. The quantitative estimate of drug-likeness (QED) is 0.544. The molecule has 0 amide bonds. The maximum Gasteiger partial charge on any atom is 0.153 e. The highest BCUT2D eigenvalue weighted by Gasteiger charge is 2.03. The van der Waals surface area contributed by atoms with Crippen molar-refractivity contribution in [2.45, 2.75) is 20.3 Å². The summed E-state index contributed by atoms with van der Waals surface area (Å²) in [6, 6.07) is 5.67. The molecule has 0 radical (unpaired) electrons. The highest BCUT2D eigenvalue weighted by atomic mass is 16.5.